The van der Waals surface area contributed by atoms with Gasteiger partial charge in [0.25, 0.3) is 5.91 Å². The summed E-state index contributed by atoms with van der Waals surface area (Å²) in [5, 5.41) is 10.7. The Morgan fingerprint density at radius 2 is 2.03 bits per heavy atom. The van der Waals surface area contributed by atoms with Gasteiger partial charge in [0.2, 0.25) is 5.95 Å². The second kappa shape index (κ2) is 8.78. The number of aryl methyl sites for hydroxylation is 2. The largest absolute Gasteiger partial charge is 0.489 e. The number of rotatable bonds is 7. The maximum Gasteiger partial charge on any atom is 0.280 e. The van der Waals surface area contributed by atoms with Crippen LogP contribution in [0.15, 0.2) is 59.4 Å². The molecule has 0 spiro atoms. The predicted octanol–water partition coefficient (Wildman–Crippen LogP) is 3.90. The Bertz CT molecular complexity index is 1220. The highest BCUT2D eigenvalue weighted by Crippen LogP contribution is 2.19. The lowest BCUT2D eigenvalue weighted by molar-refractivity contribution is 0.101. The van der Waals surface area contributed by atoms with Gasteiger partial charge in [0, 0.05) is 0 Å². The molecular formula is C22H20FN5O3. The minimum atomic E-state index is -0.511. The number of carbonyl (C=O) groups excluding carboxylic acids is 1. The van der Waals surface area contributed by atoms with E-state index in [0.717, 1.165) is 11.1 Å². The second-order valence-corrected chi connectivity index (χ2v) is 7.02. The van der Waals surface area contributed by atoms with Gasteiger partial charge >= 0.3 is 0 Å². The molecule has 2 heterocycles. The molecule has 0 saturated carbocycles. The first kappa shape index (κ1) is 20.3. The Labute approximate surface area is 177 Å². The topological polar surface area (TPSA) is 95.1 Å². The van der Waals surface area contributed by atoms with Gasteiger partial charge in [0.15, 0.2) is 5.69 Å². The molecule has 8 nitrogen and oxygen atoms in total. The van der Waals surface area contributed by atoms with Gasteiger partial charge in [-0.05, 0) is 49.2 Å². The van der Waals surface area contributed by atoms with E-state index < -0.39 is 5.91 Å². The van der Waals surface area contributed by atoms with Crippen LogP contribution in [0.3, 0.4) is 0 Å². The van der Waals surface area contributed by atoms with Crippen molar-refractivity contribution in [1.82, 2.24) is 19.9 Å². The summed E-state index contributed by atoms with van der Waals surface area (Å²) in [5.41, 5.74) is 2.44. The van der Waals surface area contributed by atoms with Crippen LogP contribution in [0.4, 0.5) is 10.3 Å². The molecule has 31 heavy (non-hydrogen) atoms. The number of amides is 1. The molecule has 4 rings (SSSR count). The van der Waals surface area contributed by atoms with Gasteiger partial charge < -0.3 is 9.26 Å². The normalized spacial score (nSPS) is 10.8. The fourth-order valence-corrected chi connectivity index (χ4v) is 3.01. The standard InChI is InChI=1S/C22H20FN5O3/c1-14-5-3-8-18(9-14)30-12-19-15(2)31-27-20(19)21(29)25-22-24-13-28(26-22)11-16-6-4-7-17(23)10-16/h3-10,13H,11-12H2,1-2H3,(H,25,26,29). The maximum atomic E-state index is 13.3. The van der Waals surface area contributed by atoms with Gasteiger partial charge in [0.05, 0.1) is 12.1 Å². The van der Waals surface area contributed by atoms with Crippen LogP contribution in [0.25, 0.3) is 0 Å². The van der Waals surface area contributed by atoms with Crippen LogP contribution in [0, 0.1) is 19.7 Å². The summed E-state index contributed by atoms with van der Waals surface area (Å²) in [4.78, 5) is 16.8. The third kappa shape index (κ3) is 4.95. The van der Waals surface area contributed by atoms with E-state index in [0.29, 0.717) is 23.6 Å². The Kier molecular flexibility index (Phi) is 5.74. The number of nitrogens with zero attached hydrogens (tertiary/aromatic N) is 4. The lowest BCUT2D eigenvalue weighted by atomic mass is 10.2. The highest BCUT2D eigenvalue weighted by atomic mass is 19.1. The molecule has 0 aliphatic rings. The Hall–Kier alpha value is -4.01. The van der Waals surface area contributed by atoms with Crippen LogP contribution in [0.2, 0.25) is 0 Å². The molecular weight excluding hydrogens is 401 g/mol. The number of carbonyl (C=O) groups is 1. The molecule has 0 aliphatic heterocycles. The number of hydrogen-bond acceptors (Lipinski definition) is 6. The number of hydrogen-bond donors (Lipinski definition) is 1. The molecule has 0 fully saturated rings. The van der Waals surface area contributed by atoms with E-state index in [1.807, 2.05) is 31.2 Å². The summed E-state index contributed by atoms with van der Waals surface area (Å²) < 4.78 is 25.8. The van der Waals surface area contributed by atoms with Crippen molar-refractivity contribution in [3.8, 4) is 5.75 Å². The maximum absolute atomic E-state index is 13.3. The molecule has 0 radical (unpaired) electrons. The molecule has 0 aliphatic carbocycles. The van der Waals surface area contributed by atoms with Gasteiger partial charge in [0.1, 0.15) is 30.3 Å². The summed E-state index contributed by atoms with van der Waals surface area (Å²) in [5.74, 6) is 0.441. The third-order valence-corrected chi connectivity index (χ3v) is 4.57. The number of ether oxygens (including phenoxy) is 1. The summed E-state index contributed by atoms with van der Waals surface area (Å²) >= 11 is 0. The van der Waals surface area contributed by atoms with Crippen molar-refractivity contribution in [2.24, 2.45) is 0 Å². The Balaban J connectivity index is 1.43. The molecule has 2 aromatic heterocycles. The van der Waals surface area contributed by atoms with Crippen molar-refractivity contribution in [1.29, 1.82) is 0 Å². The van der Waals surface area contributed by atoms with Crippen LogP contribution < -0.4 is 10.1 Å². The van der Waals surface area contributed by atoms with Crippen LogP contribution in [-0.2, 0) is 13.2 Å². The zero-order chi connectivity index (χ0) is 21.8. The average Bonchev–Trinajstić information content (AvgIpc) is 3.32. The van der Waals surface area contributed by atoms with E-state index in [-0.39, 0.29) is 24.1 Å². The lowest BCUT2D eigenvalue weighted by Crippen LogP contribution is -2.16. The molecule has 0 unspecified atom stereocenters. The molecule has 1 N–H and O–H groups in total. The molecule has 2 aromatic carbocycles. The lowest BCUT2D eigenvalue weighted by Gasteiger charge is -2.07. The van der Waals surface area contributed by atoms with Crippen molar-refractivity contribution in [3.05, 3.63) is 88.8 Å². The van der Waals surface area contributed by atoms with Crippen LogP contribution >= 0.6 is 0 Å². The van der Waals surface area contributed by atoms with Crippen molar-refractivity contribution < 1.29 is 18.4 Å². The molecule has 0 atom stereocenters. The molecule has 9 heteroatoms. The zero-order valence-electron chi connectivity index (χ0n) is 17.0. The van der Waals surface area contributed by atoms with Crippen LogP contribution in [0.1, 0.15) is 32.9 Å². The predicted molar refractivity (Wildman–Crippen MR) is 110 cm³/mol. The minimum absolute atomic E-state index is 0.103. The van der Waals surface area contributed by atoms with Crippen LogP contribution in [-0.4, -0.2) is 25.8 Å². The first-order valence-corrected chi connectivity index (χ1v) is 9.58. The first-order chi connectivity index (χ1) is 15.0. The number of halogens is 1. The highest BCUT2D eigenvalue weighted by molar-refractivity contribution is 6.02. The van der Waals surface area contributed by atoms with Gasteiger partial charge in [-0.15, -0.1) is 5.10 Å². The molecule has 158 valence electrons. The van der Waals surface area contributed by atoms with Crippen molar-refractivity contribution in [2.45, 2.75) is 27.0 Å². The summed E-state index contributed by atoms with van der Waals surface area (Å²) in [7, 11) is 0. The second-order valence-electron chi connectivity index (χ2n) is 7.02. The summed E-state index contributed by atoms with van der Waals surface area (Å²) in [6.45, 7) is 4.13. The SMILES string of the molecule is Cc1cccc(OCc2c(C(=O)Nc3ncn(Cc4cccc(F)c4)n3)noc2C)c1. The van der Waals surface area contributed by atoms with Crippen molar-refractivity contribution in [2.75, 3.05) is 5.32 Å². The fourth-order valence-electron chi connectivity index (χ4n) is 3.01. The van der Waals surface area contributed by atoms with E-state index in [1.165, 1.54) is 23.1 Å². The summed E-state index contributed by atoms with van der Waals surface area (Å²) in [6, 6.07) is 13.8. The summed E-state index contributed by atoms with van der Waals surface area (Å²) in [6.07, 6.45) is 1.45. The van der Waals surface area contributed by atoms with E-state index in [1.54, 1.807) is 19.1 Å². The van der Waals surface area contributed by atoms with E-state index in [2.05, 4.69) is 20.6 Å². The van der Waals surface area contributed by atoms with Gasteiger partial charge in [-0.1, -0.05) is 29.4 Å². The molecule has 4 aromatic rings. The Morgan fingerprint density at radius 1 is 1.19 bits per heavy atom. The van der Waals surface area contributed by atoms with E-state index >= 15 is 0 Å². The van der Waals surface area contributed by atoms with Crippen LogP contribution in [0.5, 0.6) is 5.75 Å². The average molecular weight is 421 g/mol. The smallest absolute Gasteiger partial charge is 0.280 e. The number of aromatic nitrogens is 4. The quantitative estimate of drug-likeness (QED) is 0.486. The fraction of sp³-hybridized carbons (Fsp3) is 0.182. The number of benzene rings is 2. The molecule has 0 saturated heterocycles. The number of nitrogens with one attached hydrogen (secondary N) is 1. The Morgan fingerprint density at radius 3 is 2.84 bits per heavy atom. The monoisotopic (exact) mass is 421 g/mol. The zero-order valence-corrected chi connectivity index (χ0v) is 17.0. The van der Waals surface area contributed by atoms with Gasteiger partial charge in [-0.25, -0.2) is 14.1 Å². The molecule has 1 amide bonds. The van der Waals surface area contributed by atoms with E-state index in [9.17, 15) is 9.18 Å². The van der Waals surface area contributed by atoms with Crippen molar-refractivity contribution in [3.63, 3.8) is 0 Å². The molecule has 0 bridgehead atoms. The van der Waals surface area contributed by atoms with E-state index in [4.69, 9.17) is 9.26 Å². The van der Waals surface area contributed by atoms with Gasteiger partial charge in [-0.2, -0.15) is 0 Å². The number of anilines is 1. The minimum Gasteiger partial charge on any atom is -0.489 e. The van der Waals surface area contributed by atoms with Gasteiger partial charge in [-0.3, -0.25) is 10.1 Å². The van der Waals surface area contributed by atoms with Crippen molar-refractivity contribution >= 4 is 11.9 Å². The first-order valence-electron chi connectivity index (χ1n) is 9.58. The highest BCUT2D eigenvalue weighted by Gasteiger charge is 2.21. The third-order valence-electron chi connectivity index (χ3n) is 4.57.